The second-order valence-corrected chi connectivity index (χ2v) is 29.9. The first-order valence-corrected chi connectivity index (χ1v) is 25.2. The van der Waals surface area contributed by atoms with E-state index in [-0.39, 0.29) is 0 Å². The summed E-state index contributed by atoms with van der Waals surface area (Å²) < 4.78 is 75.5. The van der Waals surface area contributed by atoms with Crippen LogP contribution >= 0.6 is 0 Å². The van der Waals surface area contributed by atoms with Crippen LogP contribution in [0.5, 0.6) is 0 Å². The molecule has 6 rings (SSSR count). The summed E-state index contributed by atoms with van der Waals surface area (Å²) in [4.78, 5) is 0. The molecule has 0 saturated carbocycles. The van der Waals surface area contributed by atoms with E-state index < -0.39 is 71.2 Å². The van der Waals surface area contributed by atoms with Crippen LogP contribution < -0.4 is 0 Å². The Balaban J connectivity index is 1.76. The molecule has 0 atom stereocenters. The fraction of sp³-hybridized carbons (Fsp3) is 1.00. The van der Waals surface area contributed by atoms with E-state index in [2.05, 4.69) is 0 Å². The molecule has 6 saturated heterocycles. The average molecular weight is 522 g/mol. The van der Waals surface area contributed by atoms with Crippen molar-refractivity contribution in [2.24, 2.45) is 0 Å². The quantitative estimate of drug-likeness (QED) is 0.406. The van der Waals surface area contributed by atoms with E-state index in [9.17, 15) is 0 Å². The van der Waals surface area contributed by atoms with Crippen LogP contribution in [0.15, 0.2) is 0 Å². The van der Waals surface area contributed by atoms with Gasteiger partial charge in [-0.05, 0) is 0 Å². The maximum atomic E-state index is 6.36. The minimum absolute atomic E-state index is 1.73. The van der Waals surface area contributed by atoms with Crippen LogP contribution in [0.2, 0.25) is 45.8 Å². The molecule has 0 spiro atoms. The maximum absolute atomic E-state index is 6.36. The summed E-state index contributed by atoms with van der Waals surface area (Å²) in [6.45, 7) is 12.2. The molecule has 6 fully saturated rings. The third-order valence-electron chi connectivity index (χ3n) is 4.14. The zero-order chi connectivity index (χ0) is 19.6. The molecule has 8 bridgehead atoms. The Labute approximate surface area is 166 Å². The fourth-order valence-corrected chi connectivity index (χ4v) is 44.9. The van der Waals surface area contributed by atoms with Crippen LogP contribution in [-0.4, -0.2) is 71.2 Å². The molecule has 0 amide bonds. The molecule has 20 heteroatoms. The molecule has 153 valence electrons. The van der Waals surface area contributed by atoms with Gasteiger partial charge in [0.1, 0.15) is 0 Å². The summed E-state index contributed by atoms with van der Waals surface area (Å²) in [5.74, 6) is 0. The van der Waals surface area contributed by atoms with E-state index in [0.717, 1.165) is 0 Å². The molecular weight excluding hydrogens is 501 g/mol. The normalized spacial score (nSPS) is 63.2. The van der Waals surface area contributed by atoms with Crippen molar-refractivity contribution in [1.29, 1.82) is 0 Å². The molecule has 6 aliphatic heterocycles. The SMILES string of the molecule is C[Si]12O[Si]3O[Si]4(C)O[Si](C)(O1)O[Si]1(C)O[Si](C)(O2)O[Si](C)(O3)O[Si](C)(O4)O1. The lowest BCUT2D eigenvalue weighted by atomic mass is 11.9. The highest BCUT2D eigenvalue weighted by atomic mass is 28.6. The number of rotatable bonds is 0. The van der Waals surface area contributed by atoms with Gasteiger partial charge in [0.05, 0.1) is 0 Å². The van der Waals surface area contributed by atoms with Crippen LogP contribution in [0.4, 0.5) is 0 Å². The summed E-state index contributed by atoms with van der Waals surface area (Å²) in [5.41, 5.74) is 0. The Morgan fingerprint density at radius 2 is 0.519 bits per heavy atom. The average Bonchev–Trinajstić information content (AvgIpc) is 2.24. The van der Waals surface area contributed by atoms with Crippen LogP contribution in [-0.2, 0) is 49.4 Å². The van der Waals surface area contributed by atoms with Crippen LogP contribution in [0.25, 0.3) is 0 Å². The first-order chi connectivity index (χ1) is 12.1. The van der Waals surface area contributed by atoms with Crippen molar-refractivity contribution in [2.75, 3.05) is 0 Å². The molecule has 0 aromatic heterocycles. The Hall–Kier alpha value is 1.26. The summed E-state index contributed by atoms with van der Waals surface area (Å²) in [6.07, 6.45) is 0. The van der Waals surface area contributed by atoms with E-state index in [4.69, 9.17) is 49.4 Å². The van der Waals surface area contributed by atoms with Gasteiger partial charge < -0.3 is 49.4 Å². The van der Waals surface area contributed by atoms with Gasteiger partial charge in [0.15, 0.2) is 0 Å². The lowest BCUT2D eigenvalue weighted by molar-refractivity contribution is -0.0108. The summed E-state index contributed by atoms with van der Waals surface area (Å²) in [7, 11) is -25.9. The van der Waals surface area contributed by atoms with Crippen molar-refractivity contribution in [2.45, 2.75) is 45.8 Å². The number of hydrogen-bond acceptors (Lipinski definition) is 12. The highest BCUT2D eigenvalue weighted by Crippen LogP contribution is 2.45. The number of hydrogen-bond donors (Lipinski definition) is 0. The van der Waals surface area contributed by atoms with Gasteiger partial charge in [0.25, 0.3) is 0 Å². The highest BCUT2D eigenvalue weighted by Gasteiger charge is 2.76. The van der Waals surface area contributed by atoms with Gasteiger partial charge in [-0.3, -0.25) is 0 Å². The van der Waals surface area contributed by atoms with Gasteiger partial charge in [-0.25, -0.2) is 0 Å². The first kappa shape index (κ1) is 20.2. The van der Waals surface area contributed by atoms with Gasteiger partial charge in [-0.2, -0.15) is 0 Å². The van der Waals surface area contributed by atoms with Crippen molar-refractivity contribution in [3.8, 4) is 0 Å². The fourth-order valence-electron chi connectivity index (χ4n) is 3.99. The van der Waals surface area contributed by atoms with Crippen molar-refractivity contribution >= 4 is 71.2 Å². The summed E-state index contributed by atoms with van der Waals surface area (Å²) in [6, 6.07) is 0. The lowest BCUT2D eigenvalue weighted by Gasteiger charge is -2.58. The Bertz CT molecular complexity index is 586. The molecule has 12 nitrogen and oxygen atoms in total. The second kappa shape index (κ2) is 5.54. The van der Waals surface area contributed by atoms with Crippen LogP contribution in [0.3, 0.4) is 0 Å². The molecule has 0 unspecified atom stereocenters. The lowest BCUT2D eigenvalue weighted by Crippen LogP contribution is -2.84. The Morgan fingerprint density at radius 1 is 0.333 bits per heavy atom. The van der Waals surface area contributed by atoms with Gasteiger partial charge in [0, 0.05) is 45.8 Å². The molecule has 6 heterocycles. The standard InChI is InChI=1S/C7H21O12Si8/c1-21-8-20-9-22(2)13-24(4,11-21)17-27(7)18-25(5,12-21)14-23(3,10-20)16-26(6,15-22)19-27/h1-7H3. The topological polar surface area (TPSA) is 111 Å². The monoisotopic (exact) mass is 521 g/mol. The third-order valence-corrected chi connectivity index (χ3v) is 37.3. The van der Waals surface area contributed by atoms with Crippen molar-refractivity contribution in [1.82, 2.24) is 0 Å². The summed E-state index contributed by atoms with van der Waals surface area (Å²) in [5, 5.41) is 0. The zero-order valence-corrected chi connectivity index (χ0v) is 23.9. The van der Waals surface area contributed by atoms with Crippen LogP contribution in [0.1, 0.15) is 0 Å². The molecule has 1 radical (unpaired) electrons. The molecule has 6 aliphatic rings. The minimum Gasteiger partial charge on any atom is -0.374 e. The van der Waals surface area contributed by atoms with Crippen LogP contribution in [0, 0.1) is 0 Å². The molecule has 0 aliphatic carbocycles. The van der Waals surface area contributed by atoms with E-state index in [0.29, 0.717) is 0 Å². The van der Waals surface area contributed by atoms with Crippen molar-refractivity contribution in [3.63, 3.8) is 0 Å². The molecule has 0 aromatic carbocycles. The predicted molar refractivity (Wildman–Crippen MR) is 100 cm³/mol. The van der Waals surface area contributed by atoms with Gasteiger partial charge >= 0.3 is 71.2 Å². The predicted octanol–water partition coefficient (Wildman–Crippen LogP) is 0.219. The van der Waals surface area contributed by atoms with Crippen molar-refractivity contribution < 1.29 is 49.4 Å². The zero-order valence-electron chi connectivity index (χ0n) is 15.9. The van der Waals surface area contributed by atoms with E-state index in [1.54, 1.807) is 45.8 Å². The molecular formula is C7H21O12Si8. The third kappa shape index (κ3) is 3.52. The second-order valence-electron chi connectivity index (χ2n) is 7.51. The van der Waals surface area contributed by atoms with Crippen molar-refractivity contribution in [3.05, 3.63) is 0 Å². The molecule has 0 aromatic rings. The largest absolute Gasteiger partial charge is 0.553 e. The summed E-state index contributed by atoms with van der Waals surface area (Å²) >= 11 is 0. The van der Waals surface area contributed by atoms with Gasteiger partial charge in [-0.15, -0.1) is 0 Å². The van der Waals surface area contributed by atoms with Gasteiger partial charge in [-0.1, -0.05) is 0 Å². The smallest absolute Gasteiger partial charge is 0.374 e. The van der Waals surface area contributed by atoms with E-state index in [1.165, 1.54) is 0 Å². The minimum atomic E-state index is -3.38. The Kier molecular flexibility index (Phi) is 4.14. The van der Waals surface area contributed by atoms with E-state index >= 15 is 0 Å². The molecule has 0 N–H and O–H groups in total. The highest BCUT2D eigenvalue weighted by molar-refractivity contribution is 7.00. The van der Waals surface area contributed by atoms with E-state index in [1.807, 2.05) is 0 Å². The Morgan fingerprint density at radius 3 is 0.741 bits per heavy atom. The maximum Gasteiger partial charge on any atom is 0.553 e. The first-order valence-electron chi connectivity index (χ1n) is 8.40. The van der Waals surface area contributed by atoms with Gasteiger partial charge in [0.2, 0.25) is 0 Å². The molecule has 27 heavy (non-hydrogen) atoms.